The molecule has 1 aliphatic heterocycles. The number of nitrogens with one attached hydrogen (secondary N) is 1. The Hall–Kier alpha value is -2.70. The van der Waals surface area contributed by atoms with Crippen molar-refractivity contribution in [2.45, 2.75) is 45.7 Å². The maximum absolute atomic E-state index is 12.8. The van der Waals surface area contributed by atoms with E-state index in [1.54, 1.807) is 29.4 Å². The van der Waals surface area contributed by atoms with E-state index in [-0.39, 0.29) is 11.8 Å². The van der Waals surface area contributed by atoms with E-state index in [0.29, 0.717) is 25.1 Å². The molecule has 1 fully saturated rings. The fourth-order valence-corrected chi connectivity index (χ4v) is 3.47. The molecule has 2 aromatic heterocycles. The highest BCUT2D eigenvalue weighted by Crippen LogP contribution is 2.20. The summed E-state index contributed by atoms with van der Waals surface area (Å²) in [4.78, 5) is 31.3. The summed E-state index contributed by atoms with van der Waals surface area (Å²) in [5, 5.41) is 7.38. The van der Waals surface area contributed by atoms with Crippen molar-refractivity contribution in [1.29, 1.82) is 0 Å². The van der Waals surface area contributed by atoms with Crippen LogP contribution in [0.5, 0.6) is 0 Å². The van der Waals surface area contributed by atoms with Crippen molar-refractivity contribution in [3.8, 4) is 0 Å². The molecular formula is C19H25N5O2. The minimum atomic E-state index is -0.436. The zero-order valence-corrected chi connectivity index (χ0v) is 15.5. The lowest BCUT2D eigenvalue weighted by molar-refractivity contribution is -0.126. The van der Waals surface area contributed by atoms with E-state index < -0.39 is 6.04 Å². The predicted octanol–water partition coefficient (Wildman–Crippen LogP) is 1.74. The number of likely N-dealkylation sites (tertiary alicyclic amines) is 1. The Balaban J connectivity index is 1.71. The van der Waals surface area contributed by atoms with E-state index in [1.165, 1.54) is 0 Å². The number of aromatic nitrogens is 3. The number of piperidine rings is 1. The van der Waals surface area contributed by atoms with Crippen LogP contribution in [0.2, 0.25) is 0 Å². The normalized spacial score (nSPS) is 17.2. The molecule has 2 amide bonds. The zero-order valence-electron chi connectivity index (χ0n) is 15.5. The monoisotopic (exact) mass is 355 g/mol. The fraction of sp³-hybridized carbons (Fsp3) is 0.474. The Morgan fingerprint density at radius 1 is 1.31 bits per heavy atom. The second-order valence-electron chi connectivity index (χ2n) is 6.74. The van der Waals surface area contributed by atoms with Gasteiger partial charge in [-0.15, -0.1) is 0 Å². The number of rotatable bonds is 4. The van der Waals surface area contributed by atoms with Crippen LogP contribution in [-0.2, 0) is 18.4 Å². The molecule has 26 heavy (non-hydrogen) atoms. The average Bonchev–Trinajstić information content (AvgIpc) is 2.91. The minimum absolute atomic E-state index is 0.107. The molecule has 2 aromatic rings. The van der Waals surface area contributed by atoms with Crippen molar-refractivity contribution in [3.63, 3.8) is 0 Å². The van der Waals surface area contributed by atoms with Crippen LogP contribution < -0.4 is 5.32 Å². The van der Waals surface area contributed by atoms with Crippen LogP contribution in [0.4, 0.5) is 0 Å². The smallest absolute Gasteiger partial charge is 0.256 e. The van der Waals surface area contributed by atoms with Gasteiger partial charge >= 0.3 is 0 Å². The summed E-state index contributed by atoms with van der Waals surface area (Å²) in [7, 11) is 1.89. The number of aryl methyl sites for hydroxylation is 2. The van der Waals surface area contributed by atoms with Gasteiger partial charge in [-0.1, -0.05) is 0 Å². The van der Waals surface area contributed by atoms with Crippen molar-refractivity contribution >= 4 is 11.8 Å². The Kier molecular flexibility index (Phi) is 5.35. The Morgan fingerprint density at radius 2 is 2.12 bits per heavy atom. The lowest BCUT2D eigenvalue weighted by atomic mass is 10.00. The fourth-order valence-electron chi connectivity index (χ4n) is 3.47. The van der Waals surface area contributed by atoms with Gasteiger partial charge in [-0.3, -0.25) is 19.3 Å². The predicted molar refractivity (Wildman–Crippen MR) is 97.4 cm³/mol. The molecule has 7 nitrogen and oxygen atoms in total. The maximum Gasteiger partial charge on any atom is 0.256 e. The molecule has 3 rings (SSSR count). The molecule has 7 heteroatoms. The highest BCUT2D eigenvalue weighted by molar-refractivity contribution is 5.97. The molecular weight excluding hydrogens is 330 g/mol. The molecule has 0 aromatic carbocycles. The lowest BCUT2D eigenvalue weighted by Crippen LogP contribution is -2.51. The molecule has 0 aliphatic carbocycles. The van der Waals surface area contributed by atoms with E-state index in [1.807, 2.05) is 25.6 Å². The molecule has 0 radical (unpaired) electrons. The van der Waals surface area contributed by atoms with Crippen LogP contribution in [0.3, 0.4) is 0 Å². The van der Waals surface area contributed by atoms with Crippen LogP contribution in [0.1, 0.15) is 46.6 Å². The van der Waals surface area contributed by atoms with Crippen molar-refractivity contribution < 1.29 is 9.59 Å². The van der Waals surface area contributed by atoms with Gasteiger partial charge in [0.25, 0.3) is 5.91 Å². The van der Waals surface area contributed by atoms with Gasteiger partial charge in [0.2, 0.25) is 5.91 Å². The van der Waals surface area contributed by atoms with Crippen LogP contribution in [-0.4, -0.2) is 44.1 Å². The molecule has 0 spiro atoms. The van der Waals surface area contributed by atoms with Crippen LogP contribution in [0.15, 0.2) is 24.5 Å². The number of pyridine rings is 1. The molecule has 138 valence electrons. The Bertz CT molecular complexity index is 800. The zero-order chi connectivity index (χ0) is 18.7. The molecule has 1 aliphatic rings. The second-order valence-corrected chi connectivity index (χ2v) is 6.74. The quantitative estimate of drug-likeness (QED) is 0.906. The maximum atomic E-state index is 12.8. The second kappa shape index (κ2) is 7.68. The van der Waals surface area contributed by atoms with Gasteiger partial charge in [0.05, 0.1) is 11.3 Å². The summed E-state index contributed by atoms with van der Waals surface area (Å²) in [6.45, 7) is 4.94. The SMILES string of the molecule is Cc1nn(C)c(C)c1CNC(=O)C1CCCCN1C(=O)c1cccnc1. The molecule has 0 saturated carbocycles. The molecule has 1 atom stereocenters. The number of carbonyl (C=O) groups excluding carboxylic acids is 2. The number of nitrogens with zero attached hydrogens (tertiary/aromatic N) is 4. The first kappa shape index (κ1) is 18.1. The summed E-state index contributed by atoms with van der Waals surface area (Å²) in [6.07, 6.45) is 5.73. The van der Waals surface area contributed by atoms with Gasteiger partial charge in [0, 0.05) is 43.8 Å². The standard InChI is InChI=1S/C19H25N5O2/c1-13-16(14(2)23(3)22-13)12-21-18(25)17-8-4-5-10-24(17)19(26)15-7-6-9-20-11-15/h6-7,9,11,17H,4-5,8,10,12H2,1-3H3,(H,21,25). The first-order valence-corrected chi connectivity index (χ1v) is 8.97. The van der Waals surface area contributed by atoms with Gasteiger partial charge in [-0.25, -0.2) is 0 Å². The van der Waals surface area contributed by atoms with E-state index in [0.717, 1.165) is 29.8 Å². The van der Waals surface area contributed by atoms with Gasteiger partial charge < -0.3 is 10.2 Å². The number of hydrogen-bond donors (Lipinski definition) is 1. The third-order valence-corrected chi connectivity index (χ3v) is 5.07. The van der Waals surface area contributed by atoms with Gasteiger partial charge in [-0.2, -0.15) is 5.10 Å². The summed E-state index contributed by atoms with van der Waals surface area (Å²) >= 11 is 0. The van der Waals surface area contributed by atoms with Gasteiger partial charge in [-0.05, 0) is 45.2 Å². The van der Waals surface area contributed by atoms with Crippen molar-refractivity contribution in [2.24, 2.45) is 7.05 Å². The largest absolute Gasteiger partial charge is 0.350 e. The summed E-state index contributed by atoms with van der Waals surface area (Å²) in [5.74, 6) is -0.240. The van der Waals surface area contributed by atoms with Crippen molar-refractivity contribution in [3.05, 3.63) is 47.0 Å². The average molecular weight is 355 g/mol. The Morgan fingerprint density at radius 3 is 2.77 bits per heavy atom. The van der Waals surface area contributed by atoms with E-state index in [2.05, 4.69) is 15.4 Å². The van der Waals surface area contributed by atoms with Crippen LogP contribution in [0.25, 0.3) is 0 Å². The van der Waals surface area contributed by atoms with Gasteiger partial charge in [0.1, 0.15) is 6.04 Å². The molecule has 0 bridgehead atoms. The third kappa shape index (κ3) is 3.61. The third-order valence-electron chi connectivity index (χ3n) is 5.07. The van der Waals surface area contributed by atoms with Gasteiger partial charge in [0.15, 0.2) is 0 Å². The van der Waals surface area contributed by atoms with Crippen LogP contribution >= 0.6 is 0 Å². The summed E-state index contributed by atoms with van der Waals surface area (Å²) in [6, 6.07) is 3.04. The number of hydrogen-bond acceptors (Lipinski definition) is 4. The van der Waals surface area contributed by atoms with E-state index in [4.69, 9.17) is 0 Å². The highest BCUT2D eigenvalue weighted by atomic mass is 16.2. The van der Waals surface area contributed by atoms with Crippen molar-refractivity contribution in [2.75, 3.05) is 6.54 Å². The van der Waals surface area contributed by atoms with Crippen molar-refractivity contribution in [1.82, 2.24) is 25.0 Å². The number of amides is 2. The Labute approximate surface area is 153 Å². The summed E-state index contributed by atoms with van der Waals surface area (Å²) < 4.78 is 1.82. The topological polar surface area (TPSA) is 80.1 Å². The lowest BCUT2D eigenvalue weighted by Gasteiger charge is -2.34. The summed E-state index contributed by atoms with van der Waals surface area (Å²) in [5.41, 5.74) is 3.50. The van der Waals surface area contributed by atoms with E-state index >= 15 is 0 Å². The molecule has 1 N–H and O–H groups in total. The molecule has 1 unspecified atom stereocenters. The first-order chi connectivity index (χ1) is 12.5. The van der Waals surface area contributed by atoms with Crippen LogP contribution in [0, 0.1) is 13.8 Å². The minimum Gasteiger partial charge on any atom is -0.350 e. The first-order valence-electron chi connectivity index (χ1n) is 8.97. The molecule has 1 saturated heterocycles. The number of carbonyl (C=O) groups is 2. The molecule has 3 heterocycles. The highest BCUT2D eigenvalue weighted by Gasteiger charge is 2.32. The van der Waals surface area contributed by atoms with E-state index in [9.17, 15) is 9.59 Å².